The molecule has 0 heterocycles. The quantitative estimate of drug-likeness (QED) is 0.0146. The highest BCUT2D eigenvalue weighted by molar-refractivity contribution is 7.47. The van der Waals surface area contributed by atoms with E-state index in [1.165, 1.54) is 103 Å². The maximum absolute atomic E-state index is 13.0. The van der Waals surface area contributed by atoms with E-state index in [-0.39, 0.29) is 19.3 Å². The van der Waals surface area contributed by atoms with Crippen molar-refractivity contribution in [1.82, 2.24) is 0 Å². The van der Waals surface area contributed by atoms with E-state index in [2.05, 4.69) is 154 Å². The zero-order valence-corrected chi connectivity index (χ0v) is 64.8. The Kier molecular flexibility index (Phi) is 71.7. The van der Waals surface area contributed by atoms with Gasteiger partial charge in [-0.2, -0.15) is 0 Å². The second-order valence-electron chi connectivity index (χ2n) is 25.7. The van der Waals surface area contributed by atoms with Gasteiger partial charge in [-0.25, -0.2) is 9.13 Å². The summed E-state index contributed by atoms with van der Waals surface area (Å²) in [5.74, 6) is -1.66. The zero-order valence-electron chi connectivity index (χ0n) is 63.0. The molecular formula is C83H140O16P2. The number of hydrogen-bond donors (Lipinski definition) is 4. The summed E-state index contributed by atoms with van der Waals surface area (Å²) in [6.07, 6.45) is 92.0. The van der Waals surface area contributed by atoms with Crippen molar-refractivity contribution < 1.29 is 75.8 Å². The molecule has 0 aliphatic rings. The molecule has 0 saturated heterocycles. The minimum Gasteiger partial charge on any atom is -0.463 e. The molecule has 0 radical (unpaired) electrons. The maximum atomic E-state index is 13.0. The Labute approximate surface area is 613 Å². The SMILES string of the molecule is CC/C=C\C/C=C\C/C=C\C/C=C\C/C=C\CCCC(=O)OCC(COP(=O)(O)OCC(O)COP(=O)(O)OCC(O)COC(=O)CCCCCCCCCCCCCCCCC/C=C\C/C=C\C/C=C\C/C=C\CCCCC)OC(=O)CCCCCCCCC/C=C\C/C=C\C/C=C\CC. The molecule has 5 atom stereocenters. The first-order valence-corrected chi connectivity index (χ1v) is 42.1. The molecule has 18 heteroatoms. The summed E-state index contributed by atoms with van der Waals surface area (Å²) in [5, 5.41) is 20.6. The molecule has 16 nitrogen and oxygen atoms in total. The highest BCUT2D eigenvalue weighted by atomic mass is 31.2. The molecular weight excluding hydrogens is 1310 g/mol. The van der Waals surface area contributed by atoms with Crippen molar-refractivity contribution in [2.75, 3.05) is 39.6 Å². The van der Waals surface area contributed by atoms with Gasteiger partial charge in [-0.05, 0) is 135 Å². The first-order valence-electron chi connectivity index (χ1n) is 39.1. The summed E-state index contributed by atoms with van der Waals surface area (Å²) in [6, 6.07) is 0. The van der Waals surface area contributed by atoms with Gasteiger partial charge in [0.25, 0.3) is 0 Å². The highest BCUT2D eigenvalue weighted by Gasteiger charge is 2.29. The third-order valence-corrected chi connectivity index (χ3v) is 17.9. The van der Waals surface area contributed by atoms with Gasteiger partial charge in [-0.1, -0.05) is 295 Å². The lowest BCUT2D eigenvalue weighted by Gasteiger charge is -2.21. The van der Waals surface area contributed by atoms with Crippen LogP contribution in [0.3, 0.4) is 0 Å². The van der Waals surface area contributed by atoms with E-state index in [0.29, 0.717) is 25.7 Å². The van der Waals surface area contributed by atoms with Gasteiger partial charge in [0.15, 0.2) is 6.10 Å². The van der Waals surface area contributed by atoms with Crippen molar-refractivity contribution in [2.45, 2.75) is 322 Å². The first kappa shape index (κ1) is 96.4. The smallest absolute Gasteiger partial charge is 0.463 e. The molecule has 101 heavy (non-hydrogen) atoms. The van der Waals surface area contributed by atoms with Crippen molar-refractivity contribution in [1.29, 1.82) is 0 Å². The number of carbonyl (C=O) groups is 3. The van der Waals surface area contributed by atoms with Crippen LogP contribution in [0.4, 0.5) is 0 Å². The lowest BCUT2D eigenvalue weighted by atomic mass is 10.0. The zero-order chi connectivity index (χ0) is 73.7. The molecule has 0 fully saturated rings. The van der Waals surface area contributed by atoms with Crippen LogP contribution in [0.1, 0.15) is 303 Å². The van der Waals surface area contributed by atoms with Crippen molar-refractivity contribution in [2.24, 2.45) is 0 Å². The Bertz CT molecular complexity index is 2420. The van der Waals surface area contributed by atoms with Crippen LogP contribution in [0.25, 0.3) is 0 Å². The van der Waals surface area contributed by atoms with Gasteiger partial charge < -0.3 is 34.2 Å². The Morgan fingerprint density at radius 2 is 0.535 bits per heavy atom. The summed E-state index contributed by atoms with van der Waals surface area (Å²) >= 11 is 0. The number of aliphatic hydroxyl groups is 2. The topological polar surface area (TPSA) is 231 Å². The number of ether oxygens (including phenoxy) is 3. The van der Waals surface area contributed by atoms with E-state index in [1.807, 2.05) is 12.2 Å². The van der Waals surface area contributed by atoms with E-state index in [0.717, 1.165) is 135 Å². The predicted molar refractivity (Wildman–Crippen MR) is 417 cm³/mol. The van der Waals surface area contributed by atoms with E-state index >= 15 is 0 Å². The lowest BCUT2D eigenvalue weighted by Crippen LogP contribution is -2.30. The van der Waals surface area contributed by atoms with Crippen LogP contribution in [0.15, 0.2) is 146 Å². The monoisotopic (exact) mass is 1450 g/mol. The summed E-state index contributed by atoms with van der Waals surface area (Å²) < 4.78 is 61.0. The van der Waals surface area contributed by atoms with Crippen molar-refractivity contribution in [3.8, 4) is 0 Å². The molecule has 0 rings (SSSR count). The third kappa shape index (κ3) is 76.4. The number of unbranched alkanes of at least 4 members (excludes halogenated alkanes) is 26. The Hall–Kier alpha value is -4.57. The summed E-state index contributed by atoms with van der Waals surface area (Å²) in [5.41, 5.74) is 0. The molecule has 0 aliphatic heterocycles. The van der Waals surface area contributed by atoms with Crippen LogP contribution in [0, 0.1) is 0 Å². The average molecular weight is 1460 g/mol. The van der Waals surface area contributed by atoms with Gasteiger partial charge in [0.05, 0.1) is 26.4 Å². The molecule has 5 unspecified atom stereocenters. The van der Waals surface area contributed by atoms with Crippen molar-refractivity contribution in [3.05, 3.63) is 146 Å². The molecule has 0 bridgehead atoms. The molecule has 0 spiro atoms. The molecule has 0 aromatic rings. The largest absolute Gasteiger partial charge is 0.472 e. The van der Waals surface area contributed by atoms with Gasteiger partial charge in [0, 0.05) is 19.3 Å². The van der Waals surface area contributed by atoms with Gasteiger partial charge in [0.2, 0.25) is 0 Å². The van der Waals surface area contributed by atoms with Crippen LogP contribution >= 0.6 is 15.6 Å². The second kappa shape index (κ2) is 75.1. The second-order valence-corrected chi connectivity index (χ2v) is 28.7. The highest BCUT2D eigenvalue weighted by Crippen LogP contribution is 2.45. The number of phosphoric ester groups is 2. The fraction of sp³-hybridized carbons (Fsp3) is 0.675. The third-order valence-electron chi connectivity index (χ3n) is 16.0. The fourth-order valence-electron chi connectivity index (χ4n) is 10.1. The van der Waals surface area contributed by atoms with Gasteiger partial charge in [-0.15, -0.1) is 0 Å². The van der Waals surface area contributed by atoms with E-state index in [4.69, 9.17) is 32.3 Å². The predicted octanol–water partition coefficient (Wildman–Crippen LogP) is 22.9. The number of aliphatic hydroxyl groups excluding tert-OH is 2. The molecule has 0 amide bonds. The molecule has 0 aromatic heterocycles. The maximum Gasteiger partial charge on any atom is 0.472 e. The van der Waals surface area contributed by atoms with Crippen LogP contribution in [0.2, 0.25) is 0 Å². The first-order chi connectivity index (χ1) is 49.2. The average Bonchev–Trinajstić information content (AvgIpc) is 1.16. The summed E-state index contributed by atoms with van der Waals surface area (Å²) in [7, 11) is -9.81. The van der Waals surface area contributed by atoms with Gasteiger partial charge in [0.1, 0.15) is 25.4 Å². The van der Waals surface area contributed by atoms with E-state index in [9.17, 15) is 43.5 Å². The van der Waals surface area contributed by atoms with Crippen LogP contribution in [-0.2, 0) is 55.8 Å². The Morgan fingerprint density at radius 1 is 0.287 bits per heavy atom. The molecule has 0 aromatic carbocycles. The summed E-state index contributed by atoms with van der Waals surface area (Å²) in [6.45, 7) is 2.35. The fourth-order valence-corrected chi connectivity index (χ4v) is 11.7. The van der Waals surface area contributed by atoms with Crippen LogP contribution < -0.4 is 0 Å². The standard InChI is InChI=1S/C83H140O16P2/c1-4-7-10-13-16-19-22-25-28-31-32-33-34-35-36-37-38-39-40-41-42-43-44-47-49-51-54-57-60-63-66-69-81(86)93-72-78(84)73-95-100(89,90)96-74-79(85)75-97-101(91,92)98-77-80(99-83(88)71-68-65-62-59-56-53-50-46-30-27-24-21-18-15-12-9-6-3)76-94-82(87)70-67-64-61-58-55-52-48-45-29-26-23-20-17-14-11-8-5-2/h8-9,11-12,16-21,25-30,32-33,35-36,48,52,58,61,78-80,84-85H,4-7,10,13-15,22-24,31,34,37-47,49-51,53-57,59-60,62-77H2,1-3H3,(H,89,90)(H,91,92)/b11-8-,12-9-,19-16-,20-17-,21-18-,28-25-,29-26-,30-27-,33-32-,36-35-,52-48-,61-58-. The lowest BCUT2D eigenvalue weighted by molar-refractivity contribution is -0.161. The molecule has 0 saturated carbocycles. The minimum atomic E-state index is -4.95. The van der Waals surface area contributed by atoms with Crippen molar-refractivity contribution in [3.63, 3.8) is 0 Å². The minimum absolute atomic E-state index is 0.0770. The molecule has 4 N–H and O–H groups in total. The van der Waals surface area contributed by atoms with E-state index in [1.54, 1.807) is 0 Å². The van der Waals surface area contributed by atoms with Crippen LogP contribution in [-0.4, -0.2) is 95.9 Å². The van der Waals surface area contributed by atoms with Crippen LogP contribution in [0.5, 0.6) is 0 Å². The summed E-state index contributed by atoms with van der Waals surface area (Å²) in [4.78, 5) is 58.6. The number of carbonyl (C=O) groups excluding carboxylic acids is 3. The van der Waals surface area contributed by atoms with E-state index < -0.39 is 91.5 Å². The normalized spacial score (nSPS) is 14.8. The number of esters is 3. The van der Waals surface area contributed by atoms with Gasteiger partial charge in [-0.3, -0.25) is 32.5 Å². The van der Waals surface area contributed by atoms with Crippen molar-refractivity contribution >= 4 is 33.6 Å². The Morgan fingerprint density at radius 3 is 0.871 bits per heavy atom. The number of phosphoric acid groups is 2. The number of rotatable bonds is 73. The van der Waals surface area contributed by atoms with Gasteiger partial charge >= 0.3 is 33.6 Å². The Balaban J connectivity index is 4.52. The molecule has 578 valence electrons. The number of hydrogen-bond acceptors (Lipinski definition) is 14. The number of allylic oxidation sites excluding steroid dienone is 24. The molecule has 0 aliphatic carbocycles.